The molecule has 62 valence electrons. The predicted octanol–water partition coefficient (Wildman–Crippen LogP) is 3.17. The Morgan fingerprint density at radius 1 is 1.17 bits per heavy atom. The van der Waals surface area contributed by atoms with Crippen LogP contribution in [0.15, 0.2) is 41.0 Å². The van der Waals surface area contributed by atoms with E-state index in [4.69, 9.17) is 0 Å². The molecule has 1 aliphatic rings. The summed E-state index contributed by atoms with van der Waals surface area (Å²) in [6.45, 7) is 1.11. The van der Waals surface area contributed by atoms with E-state index in [1.807, 2.05) is 0 Å². The van der Waals surface area contributed by atoms with Crippen molar-refractivity contribution in [1.29, 1.82) is 0 Å². The van der Waals surface area contributed by atoms with Gasteiger partial charge in [-0.3, -0.25) is 0 Å². The molecule has 0 aliphatic carbocycles. The highest BCUT2D eigenvalue weighted by molar-refractivity contribution is 9.10. The number of hydrogen-bond acceptors (Lipinski definition) is 1. The van der Waals surface area contributed by atoms with Crippen LogP contribution in [0.1, 0.15) is 6.42 Å². The van der Waals surface area contributed by atoms with Crippen molar-refractivity contribution >= 4 is 21.6 Å². The first-order valence-electron chi connectivity index (χ1n) is 4.05. The largest absolute Gasteiger partial charge is 0.348 e. The zero-order chi connectivity index (χ0) is 8.39. The molecule has 0 fully saturated rings. The van der Waals surface area contributed by atoms with Crippen molar-refractivity contribution in [2.45, 2.75) is 6.42 Å². The summed E-state index contributed by atoms with van der Waals surface area (Å²) in [4.78, 5) is 2.26. The van der Waals surface area contributed by atoms with Gasteiger partial charge in [0, 0.05) is 22.9 Å². The lowest BCUT2D eigenvalue weighted by Crippen LogP contribution is -2.11. The average Bonchev–Trinajstić information content (AvgIpc) is 2.58. The second-order valence-corrected chi connectivity index (χ2v) is 3.76. The lowest BCUT2D eigenvalue weighted by molar-refractivity contribution is 0.999. The Kier molecular flexibility index (Phi) is 2.17. The van der Waals surface area contributed by atoms with Crippen LogP contribution in [0.4, 0.5) is 5.69 Å². The van der Waals surface area contributed by atoms with Gasteiger partial charge in [0.2, 0.25) is 0 Å². The van der Waals surface area contributed by atoms with Gasteiger partial charge in [-0.25, -0.2) is 0 Å². The van der Waals surface area contributed by atoms with Crippen molar-refractivity contribution in [3.8, 4) is 0 Å². The molecule has 0 amide bonds. The third-order valence-electron chi connectivity index (χ3n) is 1.98. The Hall–Kier alpha value is -0.760. The third-order valence-corrected chi connectivity index (χ3v) is 2.51. The SMILES string of the molecule is Brc1ccc(N2C=CCC2)cc1. The smallest absolute Gasteiger partial charge is 0.0406 e. The molecule has 2 rings (SSSR count). The van der Waals surface area contributed by atoms with E-state index in [1.54, 1.807) is 0 Å². The summed E-state index contributed by atoms with van der Waals surface area (Å²) < 4.78 is 1.13. The quantitative estimate of drug-likeness (QED) is 0.708. The van der Waals surface area contributed by atoms with Crippen LogP contribution in [0.2, 0.25) is 0 Å². The van der Waals surface area contributed by atoms with Crippen molar-refractivity contribution in [1.82, 2.24) is 0 Å². The lowest BCUT2D eigenvalue weighted by atomic mass is 10.3. The van der Waals surface area contributed by atoms with Gasteiger partial charge in [0.05, 0.1) is 0 Å². The van der Waals surface area contributed by atoms with Gasteiger partial charge in [-0.05, 0) is 30.7 Å². The van der Waals surface area contributed by atoms with E-state index >= 15 is 0 Å². The molecule has 1 aromatic carbocycles. The zero-order valence-electron chi connectivity index (χ0n) is 6.70. The van der Waals surface area contributed by atoms with Gasteiger partial charge >= 0.3 is 0 Å². The van der Waals surface area contributed by atoms with Gasteiger partial charge in [0.25, 0.3) is 0 Å². The molecule has 0 saturated heterocycles. The van der Waals surface area contributed by atoms with Crippen LogP contribution in [0.25, 0.3) is 0 Å². The monoisotopic (exact) mass is 223 g/mol. The average molecular weight is 224 g/mol. The molecular formula is C10H10BrN. The fraction of sp³-hybridized carbons (Fsp3) is 0.200. The lowest BCUT2D eigenvalue weighted by Gasteiger charge is -2.14. The standard InChI is InChI=1S/C10H10BrN/c11-9-3-5-10(6-4-9)12-7-1-2-8-12/h1,3-7H,2,8H2. The van der Waals surface area contributed by atoms with Crippen LogP contribution in [0.5, 0.6) is 0 Å². The van der Waals surface area contributed by atoms with E-state index in [2.05, 4.69) is 57.4 Å². The molecule has 0 aromatic heterocycles. The topological polar surface area (TPSA) is 3.24 Å². The molecule has 2 heteroatoms. The van der Waals surface area contributed by atoms with E-state index < -0.39 is 0 Å². The van der Waals surface area contributed by atoms with Crippen LogP contribution in [-0.4, -0.2) is 6.54 Å². The van der Waals surface area contributed by atoms with Crippen LogP contribution < -0.4 is 4.90 Å². The maximum absolute atomic E-state index is 3.42. The molecule has 0 atom stereocenters. The molecule has 1 heterocycles. The number of rotatable bonds is 1. The molecule has 0 spiro atoms. The molecule has 0 saturated carbocycles. The first kappa shape index (κ1) is 7.87. The van der Waals surface area contributed by atoms with Crippen LogP contribution >= 0.6 is 15.9 Å². The van der Waals surface area contributed by atoms with Gasteiger partial charge in [0.1, 0.15) is 0 Å². The molecular weight excluding hydrogens is 214 g/mol. The highest BCUT2D eigenvalue weighted by Gasteiger charge is 2.05. The summed E-state index contributed by atoms with van der Waals surface area (Å²) in [7, 11) is 0. The van der Waals surface area contributed by atoms with E-state index in [0.717, 1.165) is 17.4 Å². The third kappa shape index (κ3) is 1.53. The number of hydrogen-bond donors (Lipinski definition) is 0. The molecule has 1 nitrogen and oxygen atoms in total. The van der Waals surface area contributed by atoms with E-state index in [0.29, 0.717) is 0 Å². The van der Waals surface area contributed by atoms with Gasteiger partial charge in [-0.2, -0.15) is 0 Å². The summed E-state index contributed by atoms with van der Waals surface area (Å²) in [6, 6.07) is 8.39. The van der Waals surface area contributed by atoms with Crippen molar-refractivity contribution in [3.05, 3.63) is 41.0 Å². The first-order chi connectivity index (χ1) is 5.86. The molecule has 0 unspecified atom stereocenters. The van der Waals surface area contributed by atoms with Crippen molar-refractivity contribution in [2.75, 3.05) is 11.4 Å². The van der Waals surface area contributed by atoms with Gasteiger partial charge < -0.3 is 4.90 Å². The van der Waals surface area contributed by atoms with E-state index in [9.17, 15) is 0 Å². The molecule has 1 aliphatic heterocycles. The number of nitrogens with zero attached hydrogens (tertiary/aromatic N) is 1. The number of anilines is 1. The zero-order valence-corrected chi connectivity index (χ0v) is 8.29. The number of halogens is 1. The van der Waals surface area contributed by atoms with Crippen LogP contribution in [0.3, 0.4) is 0 Å². The van der Waals surface area contributed by atoms with Crippen molar-refractivity contribution in [2.24, 2.45) is 0 Å². The minimum absolute atomic E-state index is 1.11. The fourth-order valence-electron chi connectivity index (χ4n) is 1.34. The van der Waals surface area contributed by atoms with Gasteiger partial charge in [0.15, 0.2) is 0 Å². The van der Waals surface area contributed by atoms with E-state index in [-0.39, 0.29) is 0 Å². The summed E-state index contributed by atoms with van der Waals surface area (Å²) in [5.41, 5.74) is 1.27. The first-order valence-corrected chi connectivity index (χ1v) is 4.84. The summed E-state index contributed by atoms with van der Waals surface area (Å²) in [5.74, 6) is 0. The maximum atomic E-state index is 3.42. The highest BCUT2D eigenvalue weighted by Crippen LogP contribution is 2.20. The van der Waals surface area contributed by atoms with Gasteiger partial charge in [-0.15, -0.1) is 0 Å². The van der Waals surface area contributed by atoms with Crippen LogP contribution in [-0.2, 0) is 0 Å². The normalized spacial score (nSPS) is 15.6. The summed E-state index contributed by atoms with van der Waals surface area (Å²) in [5, 5.41) is 0. The second-order valence-electron chi connectivity index (χ2n) is 2.84. The Labute approximate surface area is 80.8 Å². The molecule has 0 bridgehead atoms. The summed E-state index contributed by atoms with van der Waals surface area (Å²) in [6.07, 6.45) is 5.50. The van der Waals surface area contributed by atoms with Gasteiger partial charge in [-0.1, -0.05) is 22.0 Å². The van der Waals surface area contributed by atoms with Crippen molar-refractivity contribution < 1.29 is 0 Å². The maximum Gasteiger partial charge on any atom is 0.0406 e. The highest BCUT2D eigenvalue weighted by atomic mass is 79.9. The molecule has 1 aromatic rings. The Morgan fingerprint density at radius 2 is 1.92 bits per heavy atom. The summed E-state index contributed by atoms with van der Waals surface area (Å²) >= 11 is 3.42. The van der Waals surface area contributed by atoms with Crippen LogP contribution in [0, 0.1) is 0 Å². The Balaban J connectivity index is 2.23. The molecule has 0 N–H and O–H groups in total. The minimum atomic E-state index is 1.11. The predicted molar refractivity (Wildman–Crippen MR) is 55.2 cm³/mol. The second kappa shape index (κ2) is 3.31. The van der Waals surface area contributed by atoms with E-state index in [1.165, 1.54) is 5.69 Å². The molecule has 12 heavy (non-hydrogen) atoms. The van der Waals surface area contributed by atoms with Crippen molar-refractivity contribution in [3.63, 3.8) is 0 Å². The Bertz CT molecular complexity index is 289. The fourth-order valence-corrected chi connectivity index (χ4v) is 1.60. The Morgan fingerprint density at radius 3 is 2.50 bits per heavy atom. The number of benzene rings is 1. The molecule has 0 radical (unpaired) electrons. The minimum Gasteiger partial charge on any atom is -0.348 e.